The van der Waals surface area contributed by atoms with Gasteiger partial charge in [0, 0.05) is 12.1 Å². The number of aliphatic hydroxyl groups is 1. The summed E-state index contributed by atoms with van der Waals surface area (Å²) >= 11 is 0. The van der Waals surface area contributed by atoms with Crippen LogP contribution in [-0.2, 0) is 0 Å². The van der Waals surface area contributed by atoms with E-state index in [0.29, 0.717) is 4.90 Å². The quantitative estimate of drug-likeness (QED) is 0.721. The van der Waals surface area contributed by atoms with Gasteiger partial charge in [0.15, 0.2) is 11.5 Å². The second-order valence-corrected chi connectivity index (χ2v) is 3.77. The van der Waals surface area contributed by atoms with Crippen LogP contribution >= 0.6 is 0 Å². The van der Waals surface area contributed by atoms with Gasteiger partial charge in [-0.3, -0.25) is 4.79 Å². The molecule has 0 radical (unpaired) electrons. The maximum atomic E-state index is 12.3. The summed E-state index contributed by atoms with van der Waals surface area (Å²) in [6.45, 7) is -2.61. The smallest absolute Gasteiger partial charge is 0.406 e. The maximum absolute atomic E-state index is 12.3. The van der Waals surface area contributed by atoms with Crippen LogP contribution in [0.3, 0.4) is 0 Å². The molecule has 8 heteroatoms. The van der Waals surface area contributed by atoms with Crippen molar-refractivity contribution >= 4 is 5.91 Å². The highest BCUT2D eigenvalue weighted by Gasteiger charge is 2.33. The third-order valence-corrected chi connectivity index (χ3v) is 2.25. The van der Waals surface area contributed by atoms with Crippen molar-refractivity contribution < 1.29 is 33.3 Å². The molecule has 0 unspecified atom stereocenters. The molecule has 0 aliphatic heterocycles. The van der Waals surface area contributed by atoms with Gasteiger partial charge in [0.1, 0.15) is 6.54 Å². The minimum absolute atomic E-state index is 0.215. The number of phenols is 2. The third-order valence-electron chi connectivity index (χ3n) is 2.25. The number of hydrogen-bond acceptors (Lipinski definition) is 4. The fraction of sp³-hybridized carbons (Fsp3) is 0.364. The summed E-state index contributed by atoms with van der Waals surface area (Å²) in [7, 11) is 0. The first-order chi connectivity index (χ1) is 8.74. The molecule has 0 bridgehead atoms. The van der Waals surface area contributed by atoms with E-state index >= 15 is 0 Å². The summed E-state index contributed by atoms with van der Waals surface area (Å²) in [5.41, 5.74) is -0.215. The molecular formula is C11H12F3NO4. The average molecular weight is 279 g/mol. The van der Waals surface area contributed by atoms with E-state index in [1.807, 2.05) is 0 Å². The molecule has 0 aliphatic carbocycles. The summed E-state index contributed by atoms with van der Waals surface area (Å²) in [6.07, 6.45) is -4.59. The molecular weight excluding hydrogens is 267 g/mol. The van der Waals surface area contributed by atoms with E-state index in [-0.39, 0.29) is 5.56 Å². The molecule has 1 aromatic rings. The van der Waals surface area contributed by atoms with Gasteiger partial charge in [0.05, 0.1) is 6.61 Å². The number of benzene rings is 1. The zero-order valence-electron chi connectivity index (χ0n) is 9.68. The molecule has 0 saturated carbocycles. The van der Waals surface area contributed by atoms with Crippen molar-refractivity contribution in [3.63, 3.8) is 0 Å². The van der Waals surface area contributed by atoms with Gasteiger partial charge in [-0.15, -0.1) is 0 Å². The normalized spacial score (nSPS) is 11.4. The minimum Gasteiger partial charge on any atom is -0.504 e. The lowest BCUT2D eigenvalue weighted by atomic mass is 10.1. The summed E-state index contributed by atoms with van der Waals surface area (Å²) in [4.78, 5) is 12.2. The van der Waals surface area contributed by atoms with Crippen LogP contribution in [0.15, 0.2) is 18.2 Å². The van der Waals surface area contributed by atoms with Crippen LogP contribution in [0, 0.1) is 0 Å². The van der Waals surface area contributed by atoms with Crippen molar-refractivity contribution in [1.29, 1.82) is 0 Å². The van der Waals surface area contributed by atoms with E-state index in [4.69, 9.17) is 10.2 Å². The second-order valence-electron chi connectivity index (χ2n) is 3.77. The molecule has 0 aliphatic rings. The van der Waals surface area contributed by atoms with Crippen molar-refractivity contribution in [3.8, 4) is 11.5 Å². The lowest BCUT2D eigenvalue weighted by Crippen LogP contribution is -2.40. The number of phenolic OH excluding ortho intramolecular Hbond substituents is 2. The fourth-order valence-corrected chi connectivity index (χ4v) is 1.43. The maximum Gasteiger partial charge on any atom is 0.406 e. The van der Waals surface area contributed by atoms with E-state index in [1.165, 1.54) is 0 Å². The standard InChI is InChI=1S/C11H12F3NO4/c12-11(13,14)6-15(3-4-16)10(19)7-1-2-8(17)9(18)5-7/h1-2,5,16-18H,3-4,6H2. The Bertz CT molecular complexity index is 462. The first-order valence-electron chi connectivity index (χ1n) is 5.23. The van der Waals surface area contributed by atoms with E-state index in [0.717, 1.165) is 18.2 Å². The molecule has 1 amide bonds. The van der Waals surface area contributed by atoms with Crippen LogP contribution in [0.4, 0.5) is 13.2 Å². The van der Waals surface area contributed by atoms with E-state index in [2.05, 4.69) is 0 Å². The number of nitrogens with zero attached hydrogens (tertiary/aromatic N) is 1. The Kier molecular flexibility index (Phi) is 4.60. The minimum atomic E-state index is -4.59. The largest absolute Gasteiger partial charge is 0.504 e. The number of amides is 1. The molecule has 0 fully saturated rings. The fourth-order valence-electron chi connectivity index (χ4n) is 1.43. The van der Waals surface area contributed by atoms with E-state index in [1.54, 1.807) is 0 Å². The Morgan fingerprint density at radius 1 is 1.21 bits per heavy atom. The molecule has 1 rings (SSSR count). The van der Waals surface area contributed by atoms with Crippen molar-refractivity contribution in [3.05, 3.63) is 23.8 Å². The molecule has 0 spiro atoms. The molecule has 0 saturated heterocycles. The number of aliphatic hydroxyl groups excluding tert-OH is 1. The molecule has 0 atom stereocenters. The van der Waals surface area contributed by atoms with Crippen molar-refractivity contribution in [1.82, 2.24) is 4.90 Å². The lowest BCUT2D eigenvalue weighted by molar-refractivity contribution is -0.141. The van der Waals surface area contributed by atoms with Gasteiger partial charge in [0.25, 0.3) is 5.91 Å². The third kappa shape index (κ3) is 4.32. The number of aromatic hydroxyl groups is 2. The number of rotatable bonds is 4. The number of halogens is 3. The van der Waals surface area contributed by atoms with Crippen molar-refractivity contribution in [2.24, 2.45) is 0 Å². The molecule has 106 valence electrons. The Morgan fingerprint density at radius 2 is 1.84 bits per heavy atom. The number of hydrogen-bond donors (Lipinski definition) is 3. The lowest BCUT2D eigenvalue weighted by Gasteiger charge is -2.23. The molecule has 0 aromatic heterocycles. The van der Waals surface area contributed by atoms with Gasteiger partial charge in [0.2, 0.25) is 0 Å². The predicted octanol–water partition coefficient (Wildman–Crippen LogP) is 1.09. The van der Waals surface area contributed by atoms with Crippen LogP contribution in [0.5, 0.6) is 11.5 Å². The zero-order chi connectivity index (χ0) is 14.6. The SMILES string of the molecule is O=C(c1ccc(O)c(O)c1)N(CCO)CC(F)(F)F. The topological polar surface area (TPSA) is 81.0 Å². The van der Waals surface area contributed by atoms with Gasteiger partial charge in [-0.25, -0.2) is 0 Å². The van der Waals surface area contributed by atoms with Crippen LogP contribution in [0.25, 0.3) is 0 Å². The molecule has 1 aromatic carbocycles. The Hall–Kier alpha value is -1.96. The van der Waals surface area contributed by atoms with Crippen LogP contribution in [0.2, 0.25) is 0 Å². The second kappa shape index (κ2) is 5.79. The number of carbonyl (C=O) groups is 1. The van der Waals surface area contributed by atoms with E-state index in [9.17, 15) is 23.1 Å². The van der Waals surface area contributed by atoms with Crippen LogP contribution < -0.4 is 0 Å². The van der Waals surface area contributed by atoms with Crippen molar-refractivity contribution in [2.75, 3.05) is 19.7 Å². The Morgan fingerprint density at radius 3 is 2.32 bits per heavy atom. The molecule has 19 heavy (non-hydrogen) atoms. The van der Waals surface area contributed by atoms with Gasteiger partial charge < -0.3 is 20.2 Å². The van der Waals surface area contributed by atoms with Crippen LogP contribution in [0.1, 0.15) is 10.4 Å². The Labute approximate surface area is 106 Å². The number of alkyl halides is 3. The highest BCUT2D eigenvalue weighted by Crippen LogP contribution is 2.26. The Balaban J connectivity index is 2.95. The van der Waals surface area contributed by atoms with Crippen molar-refractivity contribution in [2.45, 2.75) is 6.18 Å². The first kappa shape index (κ1) is 15.1. The molecule has 0 heterocycles. The molecule has 5 nitrogen and oxygen atoms in total. The van der Waals surface area contributed by atoms with Gasteiger partial charge in [-0.1, -0.05) is 0 Å². The molecule has 3 N–H and O–H groups in total. The monoisotopic (exact) mass is 279 g/mol. The predicted molar refractivity (Wildman–Crippen MR) is 58.8 cm³/mol. The van der Waals surface area contributed by atoms with Gasteiger partial charge in [-0.2, -0.15) is 13.2 Å². The summed E-state index contributed by atoms with van der Waals surface area (Å²) < 4.78 is 36.9. The first-order valence-corrected chi connectivity index (χ1v) is 5.23. The van der Waals surface area contributed by atoms with Crippen LogP contribution in [-0.4, -0.2) is 52.0 Å². The summed E-state index contributed by atoms with van der Waals surface area (Å²) in [5, 5.41) is 26.9. The highest BCUT2D eigenvalue weighted by atomic mass is 19.4. The van der Waals surface area contributed by atoms with Gasteiger partial charge >= 0.3 is 6.18 Å². The zero-order valence-corrected chi connectivity index (χ0v) is 9.68. The average Bonchev–Trinajstić information content (AvgIpc) is 2.29. The summed E-state index contributed by atoms with van der Waals surface area (Å²) in [6, 6.07) is 2.93. The number of carbonyl (C=O) groups excluding carboxylic acids is 1. The highest BCUT2D eigenvalue weighted by molar-refractivity contribution is 5.94. The van der Waals surface area contributed by atoms with E-state index < -0.39 is 43.3 Å². The summed E-state index contributed by atoms with van der Waals surface area (Å²) in [5.74, 6) is -2.09. The van der Waals surface area contributed by atoms with Gasteiger partial charge in [-0.05, 0) is 18.2 Å².